The van der Waals surface area contributed by atoms with E-state index in [1.807, 2.05) is 57.2 Å². The summed E-state index contributed by atoms with van der Waals surface area (Å²) in [6, 6.07) is 13.7. The molecule has 0 fully saturated rings. The van der Waals surface area contributed by atoms with E-state index in [-0.39, 0.29) is 18.5 Å². The van der Waals surface area contributed by atoms with Gasteiger partial charge in [-0.3, -0.25) is 13.9 Å². The van der Waals surface area contributed by atoms with Crippen molar-refractivity contribution >= 4 is 43.5 Å². The minimum absolute atomic E-state index is 0.0378. The summed E-state index contributed by atoms with van der Waals surface area (Å²) < 4.78 is 27.2. The van der Waals surface area contributed by atoms with Gasteiger partial charge in [-0.15, -0.1) is 0 Å². The predicted molar refractivity (Wildman–Crippen MR) is 140 cm³/mol. The summed E-state index contributed by atoms with van der Waals surface area (Å²) in [6.07, 6.45) is 2.66. The van der Waals surface area contributed by atoms with E-state index in [4.69, 9.17) is 0 Å². The maximum Gasteiger partial charge on any atom is 0.244 e. The molecule has 7 nitrogen and oxygen atoms in total. The lowest BCUT2D eigenvalue weighted by molar-refractivity contribution is -0.139. The molecule has 0 aromatic heterocycles. The van der Waals surface area contributed by atoms with Crippen LogP contribution in [0.3, 0.4) is 0 Å². The van der Waals surface area contributed by atoms with E-state index in [1.165, 1.54) is 4.90 Å². The lowest BCUT2D eigenvalue weighted by atomic mass is 10.1. The number of amides is 2. The molecule has 0 spiro atoms. The summed E-state index contributed by atoms with van der Waals surface area (Å²) in [5.41, 5.74) is 2.31. The fourth-order valence-corrected chi connectivity index (χ4v) is 4.46. The minimum Gasteiger partial charge on any atom is -0.352 e. The van der Waals surface area contributed by atoms with Crippen molar-refractivity contribution in [1.29, 1.82) is 0 Å². The third-order valence-corrected chi connectivity index (χ3v) is 7.42. The normalized spacial score (nSPS) is 13.1. The fourth-order valence-electron chi connectivity index (χ4n) is 3.35. The lowest BCUT2D eigenvalue weighted by Gasteiger charge is -2.32. The second-order valence-electron chi connectivity index (χ2n) is 8.43. The van der Waals surface area contributed by atoms with E-state index in [2.05, 4.69) is 21.2 Å². The Morgan fingerprint density at radius 1 is 0.971 bits per heavy atom. The zero-order chi connectivity index (χ0) is 25.5. The van der Waals surface area contributed by atoms with Crippen LogP contribution in [-0.4, -0.2) is 50.0 Å². The zero-order valence-electron chi connectivity index (χ0n) is 20.4. The summed E-state index contributed by atoms with van der Waals surface area (Å²) in [6.45, 7) is 7.31. The Morgan fingerprint density at radius 2 is 1.53 bits per heavy atom. The molecule has 2 amide bonds. The minimum atomic E-state index is -3.73. The summed E-state index contributed by atoms with van der Waals surface area (Å²) in [7, 11) is -3.73. The number of anilines is 1. The Kier molecular flexibility index (Phi) is 10.1. The number of hydrogen-bond donors (Lipinski definition) is 1. The van der Waals surface area contributed by atoms with Crippen molar-refractivity contribution in [2.45, 2.75) is 59.2 Å². The van der Waals surface area contributed by atoms with Crippen LogP contribution in [0.25, 0.3) is 0 Å². The molecule has 0 bridgehead atoms. The fraction of sp³-hybridized carbons (Fsp3) is 0.440. The van der Waals surface area contributed by atoms with Crippen LogP contribution in [0.4, 0.5) is 5.69 Å². The quantitative estimate of drug-likeness (QED) is 0.455. The van der Waals surface area contributed by atoms with Crippen LogP contribution < -0.4 is 9.62 Å². The molecule has 0 aliphatic rings. The van der Waals surface area contributed by atoms with Crippen LogP contribution in [0.5, 0.6) is 0 Å². The van der Waals surface area contributed by atoms with Crippen molar-refractivity contribution in [2.24, 2.45) is 0 Å². The molecule has 0 saturated carbocycles. The number of aryl methyl sites for hydroxylation is 1. The summed E-state index contributed by atoms with van der Waals surface area (Å²) >= 11 is 3.40. The first-order chi connectivity index (χ1) is 16.0. The third-order valence-electron chi connectivity index (χ3n) is 5.75. The lowest BCUT2D eigenvalue weighted by Crippen LogP contribution is -2.52. The van der Waals surface area contributed by atoms with Crippen LogP contribution in [0.2, 0.25) is 0 Å². The van der Waals surface area contributed by atoms with E-state index in [0.29, 0.717) is 5.69 Å². The Hall–Kier alpha value is -2.39. The van der Waals surface area contributed by atoms with Crippen molar-refractivity contribution in [3.05, 3.63) is 64.1 Å². The Labute approximate surface area is 211 Å². The van der Waals surface area contributed by atoms with Gasteiger partial charge in [0.1, 0.15) is 12.6 Å². The molecule has 0 aliphatic heterocycles. The molecular weight excluding hydrogens is 518 g/mol. The molecule has 34 heavy (non-hydrogen) atoms. The second kappa shape index (κ2) is 12.4. The van der Waals surface area contributed by atoms with Crippen molar-refractivity contribution in [2.75, 3.05) is 17.1 Å². The average molecular weight is 553 g/mol. The second-order valence-corrected chi connectivity index (χ2v) is 11.3. The molecule has 2 atom stereocenters. The Morgan fingerprint density at radius 3 is 2.03 bits per heavy atom. The number of sulfonamides is 1. The molecule has 2 aromatic carbocycles. The molecule has 0 saturated heterocycles. The molecule has 2 aromatic rings. The van der Waals surface area contributed by atoms with Crippen LogP contribution in [0, 0.1) is 0 Å². The molecule has 0 heterocycles. The maximum atomic E-state index is 13.5. The van der Waals surface area contributed by atoms with Crippen molar-refractivity contribution in [1.82, 2.24) is 10.2 Å². The highest BCUT2D eigenvalue weighted by atomic mass is 79.9. The van der Waals surface area contributed by atoms with Gasteiger partial charge in [0.25, 0.3) is 0 Å². The largest absolute Gasteiger partial charge is 0.352 e. The zero-order valence-corrected chi connectivity index (χ0v) is 22.8. The molecule has 2 unspecified atom stereocenters. The monoisotopic (exact) mass is 551 g/mol. The summed E-state index contributed by atoms with van der Waals surface area (Å²) in [4.78, 5) is 27.8. The molecule has 9 heteroatoms. The third kappa shape index (κ3) is 7.84. The standard InChI is InChI=1S/C25H34BrN3O4S/c1-6-18(3)27-25(31)19(4)28(16-21-8-12-22(26)13-9-21)24(30)17-29(34(5,32)33)23-14-10-20(7-2)11-15-23/h8-15,18-19H,6-7,16-17H2,1-5H3,(H,27,31). The van der Waals surface area contributed by atoms with Gasteiger partial charge in [0.15, 0.2) is 0 Å². The Balaban J connectivity index is 2.36. The first-order valence-electron chi connectivity index (χ1n) is 11.4. The summed E-state index contributed by atoms with van der Waals surface area (Å²) in [5.74, 6) is -0.738. The van der Waals surface area contributed by atoms with E-state index in [9.17, 15) is 18.0 Å². The van der Waals surface area contributed by atoms with Crippen molar-refractivity contribution in [3.63, 3.8) is 0 Å². The molecule has 0 aliphatic carbocycles. The van der Waals surface area contributed by atoms with Gasteiger partial charge in [-0.05, 0) is 62.1 Å². The van der Waals surface area contributed by atoms with Crippen LogP contribution in [-0.2, 0) is 32.6 Å². The van der Waals surface area contributed by atoms with Gasteiger partial charge in [0.05, 0.1) is 11.9 Å². The number of nitrogens with one attached hydrogen (secondary N) is 1. The number of rotatable bonds is 11. The number of hydrogen-bond acceptors (Lipinski definition) is 4. The number of benzene rings is 2. The van der Waals surface area contributed by atoms with E-state index >= 15 is 0 Å². The predicted octanol–water partition coefficient (Wildman–Crippen LogP) is 4.11. The molecular formula is C25H34BrN3O4S. The number of carbonyl (C=O) groups is 2. The van der Waals surface area contributed by atoms with Gasteiger partial charge in [0.2, 0.25) is 21.8 Å². The van der Waals surface area contributed by atoms with E-state index in [1.54, 1.807) is 19.1 Å². The van der Waals surface area contributed by atoms with Gasteiger partial charge in [-0.2, -0.15) is 0 Å². The SMILES string of the molecule is CCc1ccc(N(CC(=O)N(Cc2ccc(Br)cc2)C(C)C(=O)NC(C)CC)S(C)(=O)=O)cc1. The van der Waals surface area contributed by atoms with Crippen LogP contribution >= 0.6 is 15.9 Å². The highest BCUT2D eigenvalue weighted by Crippen LogP contribution is 2.20. The van der Waals surface area contributed by atoms with Gasteiger partial charge < -0.3 is 10.2 Å². The van der Waals surface area contributed by atoms with E-state index < -0.39 is 28.5 Å². The van der Waals surface area contributed by atoms with E-state index in [0.717, 1.165) is 39.0 Å². The average Bonchev–Trinajstić information content (AvgIpc) is 2.80. The first kappa shape index (κ1) is 27.9. The molecule has 2 rings (SSSR count). The molecule has 1 N–H and O–H groups in total. The van der Waals surface area contributed by atoms with Gasteiger partial charge in [-0.25, -0.2) is 8.42 Å². The van der Waals surface area contributed by atoms with Gasteiger partial charge >= 0.3 is 0 Å². The van der Waals surface area contributed by atoms with Crippen molar-refractivity contribution in [3.8, 4) is 0 Å². The Bertz CT molecular complexity index is 1070. The van der Waals surface area contributed by atoms with Crippen LogP contribution in [0.1, 0.15) is 45.2 Å². The maximum absolute atomic E-state index is 13.5. The van der Waals surface area contributed by atoms with Crippen molar-refractivity contribution < 1.29 is 18.0 Å². The number of nitrogens with zero attached hydrogens (tertiary/aromatic N) is 2. The summed E-state index contributed by atoms with van der Waals surface area (Å²) in [5, 5.41) is 2.92. The number of halogens is 1. The first-order valence-corrected chi connectivity index (χ1v) is 14.0. The topological polar surface area (TPSA) is 86.8 Å². The van der Waals surface area contributed by atoms with Gasteiger partial charge in [-0.1, -0.05) is 54.0 Å². The smallest absolute Gasteiger partial charge is 0.244 e. The highest BCUT2D eigenvalue weighted by Gasteiger charge is 2.30. The number of carbonyl (C=O) groups excluding carboxylic acids is 2. The molecule has 0 radical (unpaired) electrons. The highest BCUT2D eigenvalue weighted by molar-refractivity contribution is 9.10. The van der Waals surface area contributed by atoms with Gasteiger partial charge in [0, 0.05) is 17.1 Å². The van der Waals surface area contributed by atoms with Crippen LogP contribution in [0.15, 0.2) is 53.0 Å². The molecule has 186 valence electrons.